The number of esters is 1. The van der Waals surface area contributed by atoms with Crippen LogP contribution in [-0.4, -0.2) is 18.2 Å². The van der Waals surface area contributed by atoms with E-state index >= 15 is 0 Å². The summed E-state index contributed by atoms with van der Waals surface area (Å²) in [5.41, 5.74) is 0.804. The van der Waals surface area contributed by atoms with Crippen LogP contribution in [0.5, 0.6) is 17.2 Å². The van der Waals surface area contributed by atoms with Crippen molar-refractivity contribution in [2.75, 3.05) is 7.11 Å². The van der Waals surface area contributed by atoms with E-state index in [1.165, 1.54) is 7.11 Å². The molecule has 110 valence electrons. The summed E-state index contributed by atoms with van der Waals surface area (Å²) >= 11 is 6.85. The van der Waals surface area contributed by atoms with Gasteiger partial charge in [0.25, 0.3) is 0 Å². The molecule has 0 unspecified atom stereocenters. The molecule has 0 fully saturated rings. The number of phenolic OH excluding ortho intramolecular Hbond substituents is 1. The van der Waals surface area contributed by atoms with E-state index in [-0.39, 0.29) is 18.1 Å². The van der Waals surface area contributed by atoms with Crippen molar-refractivity contribution in [2.45, 2.75) is 6.42 Å². The maximum atomic E-state index is 11.3. The van der Waals surface area contributed by atoms with Gasteiger partial charge in [-0.2, -0.15) is 0 Å². The lowest BCUT2D eigenvalue weighted by Gasteiger charge is -2.12. The number of rotatable bonds is 4. The van der Waals surface area contributed by atoms with Gasteiger partial charge in [0.2, 0.25) is 0 Å². The molecule has 0 saturated carbocycles. The van der Waals surface area contributed by atoms with E-state index in [0.717, 1.165) is 5.56 Å². The number of aromatic hydroxyl groups is 1. The molecule has 0 aliphatic carbocycles. The lowest BCUT2D eigenvalue weighted by Crippen LogP contribution is -2.04. The van der Waals surface area contributed by atoms with Crippen LogP contribution in [0.25, 0.3) is 0 Å². The Morgan fingerprint density at radius 1 is 1.14 bits per heavy atom. The Bertz CT molecular complexity index is 630. The molecule has 0 bridgehead atoms. The van der Waals surface area contributed by atoms with Crippen LogP contribution < -0.4 is 4.74 Å². The summed E-state index contributed by atoms with van der Waals surface area (Å²) in [5, 5.41) is 9.26. The zero-order chi connectivity index (χ0) is 15.4. The van der Waals surface area contributed by atoms with E-state index < -0.39 is 0 Å². The minimum absolute atomic E-state index is 0.175. The number of carbonyl (C=O) groups excluding carboxylic acids is 1. The van der Waals surface area contributed by atoms with Crippen molar-refractivity contribution in [3.63, 3.8) is 0 Å². The van der Waals surface area contributed by atoms with E-state index in [4.69, 9.17) is 4.74 Å². The predicted octanol–water partition coefficient (Wildman–Crippen LogP) is 4.43. The SMILES string of the molecule is COC(=O)Cc1cc(Br)c(Oc2ccc(O)cc2)c(Br)c1. The van der Waals surface area contributed by atoms with Gasteiger partial charge in [-0.25, -0.2) is 0 Å². The summed E-state index contributed by atoms with van der Waals surface area (Å²) in [4.78, 5) is 11.3. The van der Waals surface area contributed by atoms with E-state index in [2.05, 4.69) is 36.6 Å². The molecule has 1 N–H and O–H groups in total. The van der Waals surface area contributed by atoms with Gasteiger partial charge in [-0.15, -0.1) is 0 Å². The Kier molecular flexibility index (Phi) is 5.25. The summed E-state index contributed by atoms with van der Waals surface area (Å²) in [6.45, 7) is 0. The number of hydrogen-bond acceptors (Lipinski definition) is 4. The first-order valence-corrected chi connectivity index (χ1v) is 7.60. The number of methoxy groups -OCH3 is 1. The minimum atomic E-state index is -0.305. The second kappa shape index (κ2) is 6.95. The van der Waals surface area contributed by atoms with Gasteiger partial charge in [-0.05, 0) is 73.8 Å². The normalized spacial score (nSPS) is 10.2. The first-order chi connectivity index (χ1) is 9.99. The van der Waals surface area contributed by atoms with Crippen molar-refractivity contribution in [2.24, 2.45) is 0 Å². The Labute approximate surface area is 139 Å². The largest absolute Gasteiger partial charge is 0.508 e. The van der Waals surface area contributed by atoms with Gasteiger partial charge in [0.05, 0.1) is 22.5 Å². The van der Waals surface area contributed by atoms with E-state index in [9.17, 15) is 9.90 Å². The van der Waals surface area contributed by atoms with Crippen LogP contribution >= 0.6 is 31.9 Å². The van der Waals surface area contributed by atoms with E-state index in [1.807, 2.05) is 0 Å². The van der Waals surface area contributed by atoms with Crippen molar-refractivity contribution < 1.29 is 19.4 Å². The fourth-order valence-electron chi connectivity index (χ4n) is 1.68. The topological polar surface area (TPSA) is 55.8 Å². The lowest BCUT2D eigenvalue weighted by atomic mass is 10.1. The smallest absolute Gasteiger partial charge is 0.309 e. The molecule has 0 amide bonds. The third kappa shape index (κ3) is 4.22. The molecule has 0 saturated heterocycles. The number of phenols is 1. The van der Waals surface area contributed by atoms with Crippen molar-refractivity contribution in [3.8, 4) is 17.2 Å². The molecule has 2 aromatic carbocycles. The van der Waals surface area contributed by atoms with Crippen molar-refractivity contribution in [1.82, 2.24) is 0 Å². The van der Waals surface area contributed by atoms with Crippen molar-refractivity contribution in [3.05, 3.63) is 50.9 Å². The highest BCUT2D eigenvalue weighted by Gasteiger charge is 2.12. The Morgan fingerprint density at radius 2 is 1.71 bits per heavy atom. The van der Waals surface area contributed by atoms with E-state index in [1.54, 1.807) is 36.4 Å². The van der Waals surface area contributed by atoms with Crippen LogP contribution in [0.4, 0.5) is 0 Å². The maximum absolute atomic E-state index is 11.3. The van der Waals surface area contributed by atoms with Gasteiger partial charge in [-0.1, -0.05) is 0 Å². The second-order valence-electron chi connectivity index (χ2n) is 4.24. The quantitative estimate of drug-likeness (QED) is 0.750. The molecule has 2 rings (SSSR count). The van der Waals surface area contributed by atoms with Gasteiger partial charge >= 0.3 is 5.97 Å². The number of hydrogen-bond donors (Lipinski definition) is 1. The summed E-state index contributed by atoms with van der Waals surface area (Å²) in [6.07, 6.45) is 0.188. The van der Waals surface area contributed by atoms with Gasteiger partial charge in [0.1, 0.15) is 11.5 Å². The molecule has 0 heterocycles. The molecule has 0 aliphatic rings. The Hall–Kier alpha value is -1.53. The number of halogens is 2. The maximum Gasteiger partial charge on any atom is 0.309 e. The van der Waals surface area contributed by atoms with Crippen molar-refractivity contribution >= 4 is 37.8 Å². The molecule has 0 aliphatic heterocycles. The molecular weight excluding hydrogens is 404 g/mol. The van der Waals surface area contributed by atoms with Gasteiger partial charge in [0.15, 0.2) is 5.75 Å². The Morgan fingerprint density at radius 3 is 2.24 bits per heavy atom. The highest BCUT2D eigenvalue weighted by Crippen LogP contribution is 2.38. The fourth-order valence-corrected chi connectivity index (χ4v) is 3.13. The fraction of sp³-hybridized carbons (Fsp3) is 0.133. The summed E-state index contributed by atoms with van der Waals surface area (Å²) in [6, 6.07) is 10.0. The second-order valence-corrected chi connectivity index (χ2v) is 5.95. The molecule has 0 spiro atoms. The van der Waals surface area contributed by atoms with Crippen LogP contribution in [0.15, 0.2) is 45.3 Å². The third-order valence-electron chi connectivity index (χ3n) is 2.69. The van der Waals surface area contributed by atoms with Crippen LogP contribution in [0, 0.1) is 0 Å². The monoisotopic (exact) mass is 414 g/mol. The average molecular weight is 416 g/mol. The third-order valence-corrected chi connectivity index (χ3v) is 3.87. The summed E-state index contributed by atoms with van der Waals surface area (Å²) in [5.74, 6) is 1.05. The van der Waals surface area contributed by atoms with Crippen molar-refractivity contribution in [1.29, 1.82) is 0 Å². The highest BCUT2D eigenvalue weighted by atomic mass is 79.9. The van der Waals surface area contributed by atoms with Crippen LogP contribution in [0.3, 0.4) is 0 Å². The van der Waals surface area contributed by atoms with Crippen LogP contribution in [0.1, 0.15) is 5.56 Å². The predicted molar refractivity (Wildman–Crippen MR) is 85.7 cm³/mol. The Balaban J connectivity index is 2.24. The van der Waals surface area contributed by atoms with Gasteiger partial charge in [-0.3, -0.25) is 4.79 Å². The van der Waals surface area contributed by atoms with Crippen LogP contribution in [-0.2, 0) is 16.0 Å². The molecule has 0 radical (unpaired) electrons. The highest BCUT2D eigenvalue weighted by molar-refractivity contribution is 9.11. The summed E-state index contributed by atoms with van der Waals surface area (Å²) < 4.78 is 11.8. The van der Waals surface area contributed by atoms with Gasteiger partial charge in [0, 0.05) is 0 Å². The van der Waals surface area contributed by atoms with Crippen LogP contribution in [0.2, 0.25) is 0 Å². The minimum Gasteiger partial charge on any atom is -0.508 e. The molecule has 6 heteroatoms. The molecular formula is C15H12Br2O4. The average Bonchev–Trinajstić information content (AvgIpc) is 2.44. The number of benzene rings is 2. The number of carbonyl (C=O) groups is 1. The zero-order valence-electron chi connectivity index (χ0n) is 11.1. The standard InChI is InChI=1S/C15H12Br2O4/c1-20-14(19)8-9-6-12(16)15(13(17)7-9)21-11-4-2-10(18)3-5-11/h2-7,18H,8H2,1H3. The first kappa shape index (κ1) is 15.9. The molecule has 2 aromatic rings. The first-order valence-electron chi connectivity index (χ1n) is 6.01. The molecule has 4 nitrogen and oxygen atoms in total. The molecule has 21 heavy (non-hydrogen) atoms. The van der Waals surface area contributed by atoms with Gasteiger partial charge < -0.3 is 14.6 Å². The molecule has 0 aromatic heterocycles. The lowest BCUT2D eigenvalue weighted by molar-refractivity contribution is -0.139. The summed E-state index contributed by atoms with van der Waals surface area (Å²) in [7, 11) is 1.36. The van der Waals surface area contributed by atoms with E-state index in [0.29, 0.717) is 20.4 Å². The molecule has 0 atom stereocenters. The zero-order valence-corrected chi connectivity index (χ0v) is 14.3. The number of ether oxygens (including phenoxy) is 2.